The van der Waals surface area contributed by atoms with Gasteiger partial charge in [-0.25, -0.2) is 4.79 Å². The molecule has 0 atom stereocenters. The molecular weight excluding hydrogens is 418 g/mol. The lowest BCUT2D eigenvalue weighted by atomic mass is 10.1. The number of rotatable bonds is 10. The van der Waals surface area contributed by atoms with E-state index in [4.69, 9.17) is 14.2 Å². The molecule has 3 rings (SSSR count). The van der Waals surface area contributed by atoms with Crippen molar-refractivity contribution in [3.8, 4) is 17.2 Å². The number of ether oxygens (including phenoxy) is 3. The van der Waals surface area contributed by atoms with Crippen LogP contribution in [0, 0.1) is 0 Å². The summed E-state index contributed by atoms with van der Waals surface area (Å²) in [5, 5.41) is 1.88. The number of hydrogen-bond donors (Lipinski definition) is 1. The van der Waals surface area contributed by atoms with Crippen LogP contribution in [0.4, 0.5) is 4.79 Å². The highest BCUT2D eigenvalue weighted by Crippen LogP contribution is 2.21. The molecular formula is C26H31N3O4. The van der Waals surface area contributed by atoms with Crippen LogP contribution in [0.5, 0.6) is 17.2 Å². The van der Waals surface area contributed by atoms with Crippen molar-refractivity contribution < 1.29 is 19.0 Å². The molecule has 0 heterocycles. The first-order valence-electron chi connectivity index (χ1n) is 10.7. The molecule has 0 spiro atoms. The molecule has 1 amide bonds. The first-order chi connectivity index (χ1) is 16.0. The molecule has 0 saturated carbocycles. The molecule has 7 heteroatoms. The number of methoxy groups -OCH3 is 2. The summed E-state index contributed by atoms with van der Waals surface area (Å²) in [6, 6.07) is 22.8. The van der Waals surface area contributed by atoms with Gasteiger partial charge in [0.1, 0.15) is 17.2 Å². The molecule has 0 aliphatic carbocycles. The third-order valence-corrected chi connectivity index (χ3v) is 4.98. The van der Waals surface area contributed by atoms with Gasteiger partial charge in [0.15, 0.2) is 0 Å². The monoisotopic (exact) mass is 449 g/mol. The molecule has 3 aromatic rings. The average Bonchev–Trinajstić information content (AvgIpc) is 2.83. The fourth-order valence-electron chi connectivity index (χ4n) is 3.30. The zero-order chi connectivity index (χ0) is 23.6. The highest BCUT2D eigenvalue weighted by atomic mass is 16.6. The number of hydrogen-bond acceptors (Lipinski definition) is 6. The van der Waals surface area contributed by atoms with Gasteiger partial charge < -0.3 is 14.2 Å². The summed E-state index contributed by atoms with van der Waals surface area (Å²) in [5.41, 5.74) is 6.11. The Morgan fingerprint density at radius 1 is 0.758 bits per heavy atom. The molecule has 7 nitrogen and oxygen atoms in total. The Kier molecular flexibility index (Phi) is 8.69. The van der Waals surface area contributed by atoms with Crippen LogP contribution in [-0.2, 0) is 19.6 Å². The summed E-state index contributed by atoms with van der Waals surface area (Å²) >= 11 is 0. The minimum Gasteiger partial charge on any atom is -0.497 e. The summed E-state index contributed by atoms with van der Waals surface area (Å²) in [4.78, 5) is 14.9. The van der Waals surface area contributed by atoms with Gasteiger partial charge in [0.05, 0.1) is 14.2 Å². The Morgan fingerprint density at radius 3 is 1.76 bits per heavy atom. The Morgan fingerprint density at radius 2 is 1.24 bits per heavy atom. The molecule has 174 valence electrons. The lowest BCUT2D eigenvalue weighted by molar-refractivity contribution is 0.146. The van der Waals surface area contributed by atoms with Gasteiger partial charge in [0.2, 0.25) is 0 Å². The molecule has 0 bridgehead atoms. The second kappa shape index (κ2) is 11.9. The van der Waals surface area contributed by atoms with E-state index in [1.807, 2.05) is 85.8 Å². The van der Waals surface area contributed by atoms with Gasteiger partial charge in [-0.15, -0.1) is 0 Å². The van der Waals surface area contributed by atoms with Crippen LogP contribution in [-0.4, -0.2) is 44.3 Å². The fourth-order valence-corrected chi connectivity index (χ4v) is 3.30. The van der Waals surface area contributed by atoms with E-state index in [1.165, 1.54) is 0 Å². The molecule has 0 radical (unpaired) electrons. The SMILES string of the molecule is COc1cccc(CN(Cc2cccc(OC)c2)C(=O)Oc2cccc(CNN(C)C)c2)c1. The topological polar surface area (TPSA) is 63.3 Å². The van der Waals surface area contributed by atoms with Crippen molar-refractivity contribution in [2.75, 3.05) is 28.3 Å². The number of nitrogens with one attached hydrogen (secondary N) is 1. The molecule has 0 saturated heterocycles. The number of hydrazine groups is 1. The summed E-state index contributed by atoms with van der Waals surface area (Å²) < 4.78 is 16.4. The van der Waals surface area contributed by atoms with Crippen LogP contribution >= 0.6 is 0 Å². The first-order valence-corrected chi connectivity index (χ1v) is 10.7. The van der Waals surface area contributed by atoms with Crippen LogP contribution in [0.25, 0.3) is 0 Å². The maximum atomic E-state index is 13.2. The minimum atomic E-state index is -0.432. The van der Waals surface area contributed by atoms with Crippen LogP contribution in [0.1, 0.15) is 16.7 Å². The summed E-state index contributed by atoms with van der Waals surface area (Å²) in [7, 11) is 7.11. The number of carbonyl (C=O) groups is 1. The van der Waals surface area contributed by atoms with Crippen LogP contribution in [0.2, 0.25) is 0 Å². The third-order valence-electron chi connectivity index (χ3n) is 4.98. The quantitative estimate of drug-likeness (QED) is 0.461. The van der Waals surface area contributed by atoms with Gasteiger partial charge in [-0.3, -0.25) is 15.3 Å². The number of benzene rings is 3. The van der Waals surface area contributed by atoms with E-state index in [0.717, 1.165) is 28.2 Å². The van der Waals surface area contributed by atoms with E-state index >= 15 is 0 Å². The van der Waals surface area contributed by atoms with E-state index in [-0.39, 0.29) is 0 Å². The highest BCUT2D eigenvalue weighted by Gasteiger charge is 2.18. The summed E-state index contributed by atoms with van der Waals surface area (Å²) in [5.74, 6) is 1.98. The maximum absolute atomic E-state index is 13.2. The van der Waals surface area contributed by atoms with Crippen molar-refractivity contribution in [3.63, 3.8) is 0 Å². The second-order valence-corrected chi connectivity index (χ2v) is 7.80. The predicted octanol–water partition coefficient (Wildman–Crippen LogP) is 4.47. The lowest BCUT2D eigenvalue weighted by Gasteiger charge is -2.23. The van der Waals surface area contributed by atoms with Gasteiger partial charge >= 0.3 is 6.09 Å². The molecule has 3 aromatic carbocycles. The highest BCUT2D eigenvalue weighted by molar-refractivity contribution is 5.71. The van der Waals surface area contributed by atoms with Crippen molar-refractivity contribution in [2.24, 2.45) is 0 Å². The zero-order valence-corrected chi connectivity index (χ0v) is 19.6. The molecule has 0 fully saturated rings. The molecule has 0 aliphatic heterocycles. The van der Waals surface area contributed by atoms with E-state index in [9.17, 15) is 4.79 Å². The van der Waals surface area contributed by atoms with Gasteiger partial charge in [-0.2, -0.15) is 0 Å². The van der Waals surface area contributed by atoms with Crippen molar-refractivity contribution in [1.29, 1.82) is 0 Å². The van der Waals surface area contributed by atoms with E-state index in [0.29, 0.717) is 25.4 Å². The van der Waals surface area contributed by atoms with Gasteiger partial charge in [-0.05, 0) is 53.1 Å². The largest absolute Gasteiger partial charge is 0.497 e. The van der Waals surface area contributed by atoms with Crippen LogP contribution in [0.3, 0.4) is 0 Å². The molecule has 33 heavy (non-hydrogen) atoms. The Hall–Kier alpha value is -3.55. The number of amides is 1. The summed E-state index contributed by atoms with van der Waals surface area (Å²) in [6.07, 6.45) is -0.432. The Bertz CT molecular complexity index is 1010. The second-order valence-electron chi connectivity index (χ2n) is 7.80. The fraction of sp³-hybridized carbons (Fsp3) is 0.269. The Labute approximate surface area is 195 Å². The molecule has 0 unspecified atom stereocenters. The third kappa shape index (κ3) is 7.52. The van der Waals surface area contributed by atoms with Crippen molar-refractivity contribution >= 4 is 6.09 Å². The van der Waals surface area contributed by atoms with Crippen LogP contribution < -0.4 is 19.6 Å². The number of nitrogens with zero attached hydrogens (tertiary/aromatic N) is 2. The van der Waals surface area contributed by atoms with Gasteiger partial charge in [0, 0.05) is 33.7 Å². The average molecular weight is 450 g/mol. The summed E-state index contributed by atoms with van der Waals surface area (Å²) in [6.45, 7) is 1.37. The van der Waals surface area contributed by atoms with Gasteiger partial charge in [-0.1, -0.05) is 36.4 Å². The van der Waals surface area contributed by atoms with Crippen molar-refractivity contribution in [1.82, 2.24) is 15.3 Å². The van der Waals surface area contributed by atoms with Gasteiger partial charge in [0.25, 0.3) is 0 Å². The first kappa shape index (κ1) is 24.1. The van der Waals surface area contributed by atoms with E-state index in [2.05, 4.69) is 5.43 Å². The minimum absolute atomic E-state index is 0.370. The Balaban J connectivity index is 1.79. The van der Waals surface area contributed by atoms with E-state index < -0.39 is 6.09 Å². The lowest BCUT2D eigenvalue weighted by Crippen LogP contribution is -2.32. The normalized spacial score (nSPS) is 10.7. The molecule has 0 aromatic heterocycles. The van der Waals surface area contributed by atoms with Crippen LogP contribution in [0.15, 0.2) is 72.8 Å². The van der Waals surface area contributed by atoms with Crippen molar-refractivity contribution in [3.05, 3.63) is 89.5 Å². The maximum Gasteiger partial charge on any atom is 0.415 e. The van der Waals surface area contributed by atoms with Crippen molar-refractivity contribution in [2.45, 2.75) is 19.6 Å². The smallest absolute Gasteiger partial charge is 0.415 e. The standard InChI is InChI=1S/C26H31N3O4/c1-28(2)27-17-20-8-5-13-25(14-20)33-26(30)29(18-21-9-6-11-23(15-21)31-3)19-22-10-7-12-24(16-22)32-4/h5-16,27H,17-19H2,1-4H3. The van der Waals surface area contributed by atoms with E-state index in [1.54, 1.807) is 25.2 Å². The molecule has 0 aliphatic rings. The zero-order valence-electron chi connectivity index (χ0n) is 19.6. The molecule has 1 N–H and O–H groups in total. The number of carbonyl (C=O) groups excluding carboxylic acids is 1. The predicted molar refractivity (Wildman–Crippen MR) is 128 cm³/mol.